The number of aryl methyl sites for hydroxylation is 1. The Morgan fingerprint density at radius 3 is 2.08 bits per heavy atom. The van der Waals surface area contributed by atoms with Crippen LogP contribution in [0.4, 0.5) is 0 Å². The van der Waals surface area contributed by atoms with E-state index in [9.17, 15) is 8.42 Å². The van der Waals surface area contributed by atoms with Crippen molar-refractivity contribution in [3.63, 3.8) is 0 Å². The second-order valence-corrected chi connectivity index (χ2v) is 7.93. The highest BCUT2D eigenvalue weighted by molar-refractivity contribution is 7.89. The first-order valence-electron chi connectivity index (χ1n) is 7.87. The summed E-state index contributed by atoms with van der Waals surface area (Å²) in [6.07, 6.45) is 0. The average Bonchev–Trinajstić information content (AvgIpc) is 2.56. The molecule has 0 unspecified atom stereocenters. The number of carboxylic acids is 2. The fourth-order valence-corrected chi connectivity index (χ4v) is 3.50. The number of aliphatic carboxylic acids is 2. The van der Waals surface area contributed by atoms with Crippen LogP contribution in [0.3, 0.4) is 0 Å². The molecule has 1 heterocycles. The fraction of sp³-hybridized carbons (Fsp3) is 0.500. The highest BCUT2D eigenvalue weighted by atomic mass is 32.2. The Bertz CT molecular complexity index is 684. The van der Waals surface area contributed by atoms with Crippen molar-refractivity contribution in [3.8, 4) is 0 Å². The highest BCUT2D eigenvalue weighted by Crippen LogP contribution is 2.12. The van der Waals surface area contributed by atoms with Crippen LogP contribution in [0.2, 0.25) is 0 Å². The summed E-state index contributed by atoms with van der Waals surface area (Å²) in [4.78, 5) is 20.5. The molecule has 0 radical (unpaired) electrons. The molecule has 8 nitrogen and oxygen atoms in total. The third kappa shape index (κ3) is 7.20. The van der Waals surface area contributed by atoms with E-state index >= 15 is 0 Å². The smallest absolute Gasteiger partial charge is 0.414 e. The summed E-state index contributed by atoms with van der Waals surface area (Å²) in [5, 5.41) is 14.8. The molecular weight excluding hydrogens is 348 g/mol. The fourth-order valence-electron chi connectivity index (χ4n) is 2.42. The molecular formula is C16H24N2O6S. The molecule has 0 atom stereocenters. The number of sulfonamides is 1. The monoisotopic (exact) mass is 372 g/mol. The maximum atomic E-state index is 11.8. The zero-order chi connectivity index (χ0) is 19.0. The first kappa shape index (κ1) is 21.1. The third-order valence-electron chi connectivity index (χ3n) is 3.76. The number of nitrogens with zero attached hydrogens (tertiary/aromatic N) is 2. The molecule has 0 aliphatic carbocycles. The van der Waals surface area contributed by atoms with Crippen LogP contribution in [0.1, 0.15) is 18.1 Å². The molecule has 2 N–H and O–H groups in total. The van der Waals surface area contributed by atoms with Gasteiger partial charge < -0.3 is 10.2 Å². The zero-order valence-electron chi connectivity index (χ0n) is 14.4. The van der Waals surface area contributed by atoms with E-state index in [0.717, 1.165) is 19.6 Å². The van der Waals surface area contributed by atoms with Gasteiger partial charge >= 0.3 is 11.9 Å². The molecule has 1 fully saturated rings. The van der Waals surface area contributed by atoms with Crippen LogP contribution >= 0.6 is 0 Å². The van der Waals surface area contributed by atoms with Gasteiger partial charge in [-0.25, -0.2) is 18.0 Å². The van der Waals surface area contributed by atoms with Gasteiger partial charge in [-0.1, -0.05) is 29.8 Å². The van der Waals surface area contributed by atoms with Gasteiger partial charge in [0.25, 0.3) is 0 Å². The number of piperazine rings is 1. The molecule has 1 aromatic carbocycles. The predicted molar refractivity (Wildman–Crippen MR) is 92.8 cm³/mol. The van der Waals surface area contributed by atoms with E-state index in [1.165, 1.54) is 11.1 Å². The van der Waals surface area contributed by atoms with E-state index in [1.54, 1.807) is 11.2 Å². The Morgan fingerprint density at radius 1 is 1.08 bits per heavy atom. The minimum atomic E-state index is -3.02. The van der Waals surface area contributed by atoms with Gasteiger partial charge in [0.15, 0.2) is 0 Å². The summed E-state index contributed by atoms with van der Waals surface area (Å²) in [6, 6.07) is 8.48. The Kier molecular flexibility index (Phi) is 8.01. The van der Waals surface area contributed by atoms with E-state index in [-0.39, 0.29) is 5.75 Å². The molecule has 1 saturated heterocycles. The Hall–Kier alpha value is -1.97. The molecule has 1 aromatic rings. The molecule has 0 aromatic heterocycles. The maximum absolute atomic E-state index is 11.8. The highest BCUT2D eigenvalue weighted by Gasteiger charge is 2.25. The van der Waals surface area contributed by atoms with Crippen LogP contribution in [0, 0.1) is 6.92 Å². The number of carboxylic acid groups (broad SMARTS) is 2. The number of carbonyl (C=O) groups is 2. The molecule has 0 saturated carbocycles. The van der Waals surface area contributed by atoms with Gasteiger partial charge in [-0.05, 0) is 19.4 Å². The van der Waals surface area contributed by atoms with Crippen molar-refractivity contribution in [2.24, 2.45) is 0 Å². The van der Waals surface area contributed by atoms with Crippen molar-refractivity contribution < 1.29 is 28.2 Å². The van der Waals surface area contributed by atoms with Crippen LogP contribution in [-0.4, -0.2) is 71.7 Å². The summed E-state index contributed by atoms with van der Waals surface area (Å²) < 4.78 is 25.2. The van der Waals surface area contributed by atoms with Crippen LogP contribution in [0.15, 0.2) is 24.3 Å². The Balaban J connectivity index is 0.000000450. The van der Waals surface area contributed by atoms with Crippen LogP contribution < -0.4 is 0 Å². The Morgan fingerprint density at radius 2 is 1.64 bits per heavy atom. The minimum Gasteiger partial charge on any atom is -0.473 e. The van der Waals surface area contributed by atoms with E-state index in [1.807, 2.05) is 0 Å². The summed E-state index contributed by atoms with van der Waals surface area (Å²) in [5.74, 6) is -3.45. The SMILES string of the molecule is CCS(=O)(=O)N1CCN(Cc2cccc(C)c2)CC1.O=C(O)C(=O)O. The van der Waals surface area contributed by atoms with Crippen molar-refractivity contribution in [3.05, 3.63) is 35.4 Å². The standard InChI is InChI=1S/C14H22N2O2S.C2H2O4/c1-3-19(17,18)16-9-7-15(8-10-16)12-14-6-4-5-13(2)11-14;3-1(4)2(5)6/h4-6,11H,3,7-10,12H2,1-2H3;(H,3,4)(H,5,6). The lowest BCUT2D eigenvalue weighted by Gasteiger charge is -2.33. The maximum Gasteiger partial charge on any atom is 0.414 e. The molecule has 1 aliphatic heterocycles. The second kappa shape index (κ2) is 9.50. The average molecular weight is 372 g/mol. The quantitative estimate of drug-likeness (QED) is 0.744. The van der Waals surface area contributed by atoms with Gasteiger partial charge in [0.2, 0.25) is 10.0 Å². The van der Waals surface area contributed by atoms with Crippen LogP contribution in [-0.2, 0) is 26.2 Å². The molecule has 0 bridgehead atoms. The number of hydrogen-bond donors (Lipinski definition) is 2. The largest absolute Gasteiger partial charge is 0.473 e. The number of hydrogen-bond acceptors (Lipinski definition) is 5. The number of rotatable bonds is 4. The molecule has 0 amide bonds. The van der Waals surface area contributed by atoms with Gasteiger partial charge in [0, 0.05) is 32.7 Å². The van der Waals surface area contributed by atoms with Crippen LogP contribution in [0.5, 0.6) is 0 Å². The lowest BCUT2D eigenvalue weighted by atomic mass is 10.1. The van der Waals surface area contributed by atoms with E-state index in [4.69, 9.17) is 19.8 Å². The van der Waals surface area contributed by atoms with Crippen LogP contribution in [0.25, 0.3) is 0 Å². The first-order valence-corrected chi connectivity index (χ1v) is 9.48. The van der Waals surface area contributed by atoms with Gasteiger partial charge in [-0.3, -0.25) is 4.90 Å². The first-order chi connectivity index (χ1) is 11.7. The summed E-state index contributed by atoms with van der Waals surface area (Å²) in [7, 11) is -3.02. The topological polar surface area (TPSA) is 115 Å². The molecule has 9 heteroatoms. The molecule has 25 heavy (non-hydrogen) atoms. The Labute approximate surface area is 147 Å². The van der Waals surface area contributed by atoms with Gasteiger partial charge in [-0.15, -0.1) is 0 Å². The summed E-state index contributed by atoms with van der Waals surface area (Å²) in [5.41, 5.74) is 2.57. The minimum absolute atomic E-state index is 0.199. The van der Waals surface area contributed by atoms with Gasteiger partial charge in [0.05, 0.1) is 5.75 Å². The molecule has 2 rings (SSSR count). The van der Waals surface area contributed by atoms with Gasteiger partial charge in [-0.2, -0.15) is 4.31 Å². The van der Waals surface area contributed by atoms with Crippen molar-refractivity contribution >= 4 is 22.0 Å². The van der Waals surface area contributed by atoms with E-state index in [0.29, 0.717) is 13.1 Å². The molecule has 1 aliphatic rings. The lowest BCUT2D eigenvalue weighted by molar-refractivity contribution is -0.159. The lowest BCUT2D eigenvalue weighted by Crippen LogP contribution is -2.48. The van der Waals surface area contributed by atoms with Crippen molar-refractivity contribution in [1.29, 1.82) is 0 Å². The second-order valence-electron chi connectivity index (χ2n) is 5.68. The zero-order valence-corrected chi connectivity index (χ0v) is 15.2. The third-order valence-corrected chi connectivity index (χ3v) is 5.64. The number of benzene rings is 1. The molecule has 0 spiro atoms. The van der Waals surface area contributed by atoms with Gasteiger partial charge in [0.1, 0.15) is 0 Å². The van der Waals surface area contributed by atoms with E-state index < -0.39 is 22.0 Å². The van der Waals surface area contributed by atoms with E-state index in [2.05, 4.69) is 36.1 Å². The van der Waals surface area contributed by atoms with Crippen molar-refractivity contribution in [1.82, 2.24) is 9.21 Å². The normalized spacial score (nSPS) is 15.9. The molecule has 140 valence electrons. The van der Waals surface area contributed by atoms with Crippen molar-refractivity contribution in [2.75, 3.05) is 31.9 Å². The summed E-state index contributed by atoms with van der Waals surface area (Å²) in [6.45, 7) is 7.55. The van der Waals surface area contributed by atoms with Crippen molar-refractivity contribution in [2.45, 2.75) is 20.4 Å². The summed E-state index contributed by atoms with van der Waals surface area (Å²) >= 11 is 0. The predicted octanol–water partition coefficient (Wildman–Crippen LogP) is 0.618.